The molecule has 0 aliphatic carbocycles. The molecule has 29 heavy (non-hydrogen) atoms. The molecule has 3 aromatic rings. The molecule has 1 aliphatic heterocycles. The molecule has 0 bridgehead atoms. The zero-order valence-corrected chi connectivity index (χ0v) is 16.8. The Morgan fingerprint density at radius 1 is 1.24 bits per heavy atom. The predicted octanol–water partition coefficient (Wildman–Crippen LogP) is 3.56. The van der Waals surface area contributed by atoms with Crippen LogP contribution in [-0.2, 0) is 5.41 Å². The van der Waals surface area contributed by atoms with Gasteiger partial charge in [-0.1, -0.05) is 20.8 Å². The number of hydrogen-bond acceptors (Lipinski definition) is 6. The second-order valence-corrected chi connectivity index (χ2v) is 8.40. The number of carbonyl (C=O) groups excluding carboxylic acids is 1. The smallest absolute Gasteiger partial charge is 0.266 e. The fourth-order valence-corrected chi connectivity index (χ4v) is 3.31. The second-order valence-electron chi connectivity index (χ2n) is 8.40. The summed E-state index contributed by atoms with van der Waals surface area (Å²) in [6, 6.07) is 3.27. The van der Waals surface area contributed by atoms with Crippen LogP contribution in [0.2, 0.25) is 0 Å². The zero-order chi connectivity index (χ0) is 21.0. The molecule has 0 N–H and O–H groups in total. The molecule has 1 saturated heterocycles. The molecular formula is C20H22F2N6O. The molecule has 4 rings (SSSR count). The van der Waals surface area contributed by atoms with E-state index in [9.17, 15) is 13.6 Å². The molecular weight excluding hydrogens is 378 g/mol. The number of nitrogens with zero attached hydrogens (tertiary/aromatic N) is 6. The fourth-order valence-electron chi connectivity index (χ4n) is 3.31. The average Bonchev–Trinajstić information content (AvgIpc) is 3.23. The van der Waals surface area contributed by atoms with Gasteiger partial charge in [-0.3, -0.25) is 4.79 Å². The summed E-state index contributed by atoms with van der Waals surface area (Å²) >= 11 is 0. The standard InChI is InChI=1S/C20H22F2N6O/c1-12(29)13-5-7-23-15(9-13)28-17-14(10-24-28)16(25-18(26-17)19(2,3)4)27-8-6-20(21,22)11-27/h5,7,9-10H,6,8,11H2,1-4H3. The maximum absolute atomic E-state index is 13.9. The maximum Gasteiger partial charge on any atom is 0.266 e. The number of alkyl halides is 2. The number of ketones is 1. The van der Waals surface area contributed by atoms with Gasteiger partial charge in [0.2, 0.25) is 0 Å². The van der Waals surface area contributed by atoms with Gasteiger partial charge in [0.15, 0.2) is 17.2 Å². The molecule has 3 aromatic heterocycles. The first-order chi connectivity index (χ1) is 13.5. The van der Waals surface area contributed by atoms with Crippen LogP contribution in [0.5, 0.6) is 0 Å². The zero-order valence-electron chi connectivity index (χ0n) is 16.8. The van der Waals surface area contributed by atoms with E-state index in [1.165, 1.54) is 17.8 Å². The molecule has 1 aliphatic rings. The van der Waals surface area contributed by atoms with Gasteiger partial charge in [-0.05, 0) is 19.1 Å². The molecule has 9 heteroatoms. The quantitative estimate of drug-likeness (QED) is 0.626. The Labute approximate surface area is 166 Å². The predicted molar refractivity (Wildman–Crippen MR) is 105 cm³/mol. The van der Waals surface area contributed by atoms with Crippen molar-refractivity contribution in [3.8, 4) is 5.82 Å². The average molecular weight is 400 g/mol. The van der Waals surface area contributed by atoms with Crippen LogP contribution in [0.4, 0.5) is 14.6 Å². The highest BCUT2D eigenvalue weighted by Gasteiger charge is 2.40. The van der Waals surface area contributed by atoms with E-state index in [0.717, 1.165) is 0 Å². The maximum atomic E-state index is 13.9. The van der Waals surface area contributed by atoms with Crippen LogP contribution in [-0.4, -0.2) is 49.5 Å². The number of rotatable bonds is 3. The van der Waals surface area contributed by atoms with Gasteiger partial charge in [0.25, 0.3) is 5.92 Å². The fraction of sp³-hybridized carbons (Fsp3) is 0.450. The molecule has 0 amide bonds. The first-order valence-corrected chi connectivity index (χ1v) is 9.41. The number of hydrogen-bond donors (Lipinski definition) is 0. The number of aromatic nitrogens is 5. The first-order valence-electron chi connectivity index (χ1n) is 9.41. The van der Waals surface area contributed by atoms with Crippen molar-refractivity contribution in [3.63, 3.8) is 0 Å². The second kappa shape index (κ2) is 6.53. The van der Waals surface area contributed by atoms with Crippen LogP contribution in [0.25, 0.3) is 16.9 Å². The van der Waals surface area contributed by atoms with Crippen molar-refractivity contribution in [2.75, 3.05) is 18.0 Å². The molecule has 1 fully saturated rings. The summed E-state index contributed by atoms with van der Waals surface area (Å²) < 4.78 is 29.2. The Bertz CT molecular complexity index is 1100. The van der Waals surface area contributed by atoms with Crippen LogP contribution in [0.15, 0.2) is 24.5 Å². The van der Waals surface area contributed by atoms with Gasteiger partial charge in [0, 0.05) is 30.1 Å². The molecule has 7 nitrogen and oxygen atoms in total. The van der Waals surface area contributed by atoms with Gasteiger partial charge in [0.1, 0.15) is 11.6 Å². The minimum Gasteiger partial charge on any atom is -0.350 e. The third-order valence-corrected chi connectivity index (χ3v) is 4.92. The van der Waals surface area contributed by atoms with Gasteiger partial charge in [0.05, 0.1) is 18.1 Å². The van der Waals surface area contributed by atoms with Crippen molar-refractivity contribution in [1.82, 2.24) is 24.7 Å². The largest absolute Gasteiger partial charge is 0.350 e. The lowest BCUT2D eigenvalue weighted by atomic mass is 9.95. The summed E-state index contributed by atoms with van der Waals surface area (Å²) in [5, 5.41) is 4.96. The molecule has 0 spiro atoms. The summed E-state index contributed by atoms with van der Waals surface area (Å²) in [6.45, 7) is 7.20. The lowest BCUT2D eigenvalue weighted by Crippen LogP contribution is -2.27. The number of carbonyl (C=O) groups is 1. The third kappa shape index (κ3) is 3.56. The lowest BCUT2D eigenvalue weighted by Gasteiger charge is -2.22. The van der Waals surface area contributed by atoms with E-state index < -0.39 is 11.3 Å². The van der Waals surface area contributed by atoms with E-state index in [2.05, 4.69) is 20.1 Å². The molecule has 0 saturated carbocycles. The molecule has 0 aromatic carbocycles. The number of pyridine rings is 1. The topological polar surface area (TPSA) is 76.8 Å². The van der Waals surface area contributed by atoms with Gasteiger partial charge in [-0.2, -0.15) is 9.78 Å². The van der Waals surface area contributed by atoms with Crippen LogP contribution < -0.4 is 4.90 Å². The number of Topliss-reactive ketones (excluding diaryl/α,β-unsaturated/α-hetero) is 1. The number of fused-ring (bicyclic) bond motifs is 1. The number of anilines is 1. The van der Waals surface area contributed by atoms with E-state index in [1.807, 2.05) is 20.8 Å². The van der Waals surface area contributed by atoms with Crippen molar-refractivity contribution < 1.29 is 13.6 Å². The Morgan fingerprint density at radius 2 is 2.00 bits per heavy atom. The summed E-state index contributed by atoms with van der Waals surface area (Å²) in [4.78, 5) is 26.9. The summed E-state index contributed by atoms with van der Waals surface area (Å²) in [6.07, 6.45) is 2.89. The van der Waals surface area contributed by atoms with Crippen molar-refractivity contribution in [2.45, 2.75) is 45.5 Å². The van der Waals surface area contributed by atoms with Gasteiger partial charge >= 0.3 is 0 Å². The van der Waals surface area contributed by atoms with Crippen LogP contribution in [0.3, 0.4) is 0 Å². The minimum absolute atomic E-state index is 0.0879. The van der Waals surface area contributed by atoms with E-state index in [4.69, 9.17) is 0 Å². The van der Waals surface area contributed by atoms with E-state index >= 15 is 0 Å². The van der Waals surface area contributed by atoms with Crippen molar-refractivity contribution in [1.29, 1.82) is 0 Å². The lowest BCUT2D eigenvalue weighted by molar-refractivity contribution is 0.0257. The third-order valence-electron chi connectivity index (χ3n) is 4.92. The van der Waals surface area contributed by atoms with E-state index in [-0.39, 0.29) is 25.3 Å². The Hall–Kier alpha value is -2.97. The minimum atomic E-state index is -2.74. The van der Waals surface area contributed by atoms with Crippen molar-refractivity contribution in [3.05, 3.63) is 35.9 Å². The van der Waals surface area contributed by atoms with Crippen LogP contribution >= 0.6 is 0 Å². The van der Waals surface area contributed by atoms with Crippen molar-refractivity contribution in [2.24, 2.45) is 0 Å². The van der Waals surface area contributed by atoms with Crippen molar-refractivity contribution >= 4 is 22.6 Å². The summed E-state index contributed by atoms with van der Waals surface area (Å²) in [5.41, 5.74) is 0.584. The Kier molecular flexibility index (Phi) is 4.36. The molecule has 0 atom stereocenters. The molecule has 4 heterocycles. The van der Waals surface area contributed by atoms with E-state index in [0.29, 0.717) is 34.1 Å². The van der Waals surface area contributed by atoms with Gasteiger partial charge in [-0.15, -0.1) is 0 Å². The normalized spacial score (nSPS) is 16.6. The molecule has 0 unspecified atom stereocenters. The van der Waals surface area contributed by atoms with Crippen LogP contribution in [0, 0.1) is 0 Å². The SMILES string of the molecule is CC(=O)c1ccnc(-n2ncc3c(N4CCC(F)(F)C4)nc(C(C)(C)C)nc32)c1. The highest BCUT2D eigenvalue weighted by atomic mass is 19.3. The van der Waals surface area contributed by atoms with Crippen LogP contribution in [0.1, 0.15) is 50.3 Å². The monoisotopic (exact) mass is 400 g/mol. The van der Waals surface area contributed by atoms with E-state index in [1.54, 1.807) is 23.2 Å². The van der Waals surface area contributed by atoms with Gasteiger partial charge < -0.3 is 4.90 Å². The highest BCUT2D eigenvalue weighted by molar-refractivity contribution is 5.94. The summed E-state index contributed by atoms with van der Waals surface area (Å²) in [7, 11) is 0. The first kappa shape index (κ1) is 19.4. The number of halogens is 2. The Morgan fingerprint density at radius 3 is 2.62 bits per heavy atom. The van der Waals surface area contributed by atoms with Gasteiger partial charge in [-0.25, -0.2) is 23.7 Å². The highest BCUT2D eigenvalue weighted by Crippen LogP contribution is 2.35. The summed E-state index contributed by atoms with van der Waals surface area (Å²) in [5.74, 6) is -1.42. The molecule has 0 radical (unpaired) electrons. The molecule has 152 valence electrons. The Balaban J connectivity index is 1.92.